The van der Waals surface area contributed by atoms with Gasteiger partial charge in [0.25, 0.3) is 0 Å². The van der Waals surface area contributed by atoms with E-state index >= 15 is 0 Å². The van der Waals surface area contributed by atoms with Crippen LogP contribution in [-0.4, -0.2) is 52.2 Å². The van der Waals surface area contributed by atoms with Crippen molar-refractivity contribution in [3.8, 4) is 0 Å². The highest BCUT2D eigenvalue weighted by Gasteiger charge is 2.50. The van der Waals surface area contributed by atoms with Crippen molar-refractivity contribution in [2.75, 3.05) is 26.3 Å². The van der Waals surface area contributed by atoms with Gasteiger partial charge in [0.2, 0.25) is 0 Å². The van der Waals surface area contributed by atoms with Gasteiger partial charge in [0.05, 0.1) is 15.7 Å². The van der Waals surface area contributed by atoms with Crippen LogP contribution in [0.2, 0.25) is 0 Å². The Morgan fingerprint density at radius 3 is 2.53 bits per heavy atom. The summed E-state index contributed by atoms with van der Waals surface area (Å²) in [6.07, 6.45) is 6.10. The number of rotatable bonds is 2. The predicted octanol–water partition coefficient (Wildman–Crippen LogP) is 2.16. The molecule has 4 radical (unpaired) electrons. The SMILES string of the molecule is C.[B]C([B])(C1CCOCC1)N1CC2CCC[C@]2(C)C1. The summed E-state index contributed by atoms with van der Waals surface area (Å²) < 4.78 is 5.42. The number of ether oxygens (including phenoxy) is 1. The topological polar surface area (TPSA) is 12.5 Å². The van der Waals surface area contributed by atoms with E-state index in [0.717, 1.165) is 45.1 Å². The van der Waals surface area contributed by atoms with Crippen LogP contribution >= 0.6 is 0 Å². The summed E-state index contributed by atoms with van der Waals surface area (Å²) in [7, 11) is 13.0. The van der Waals surface area contributed by atoms with Gasteiger partial charge in [0.15, 0.2) is 0 Å². The van der Waals surface area contributed by atoms with Crippen LogP contribution in [0.25, 0.3) is 0 Å². The van der Waals surface area contributed by atoms with Crippen LogP contribution in [-0.2, 0) is 4.74 Å². The highest BCUT2D eigenvalue weighted by Crippen LogP contribution is 2.50. The van der Waals surface area contributed by atoms with Crippen LogP contribution in [0.1, 0.15) is 46.5 Å². The quantitative estimate of drug-likeness (QED) is 0.704. The molecule has 1 aliphatic carbocycles. The first-order valence-electron chi connectivity index (χ1n) is 7.43. The molecule has 1 saturated carbocycles. The molecule has 2 atom stereocenters. The van der Waals surface area contributed by atoms with E-state index in [0.29, 0.717) is 11.3 Å². The van der Waals surface area contributed by atoms with E-state index in [4.69, 9.17) is 20.4 Å². The summed E-state index contributed by atoms with van der Waals surface area (Å²) in [4.78, 5) is 2.37. The predicted molar refractivity (Wildman–Crippen MR) is 81.5 cm³/mol. The van der Waals surface area contributed by atoms with E-state index in [2.05, 4.69) is 11.8 Å². The Hall–Kier alpha value is 0.0499. The van der Waals surface area contributed by atoms with E-state index in [1.165, 1.54) is 19.3 Å². The molecule has 0 aromatic rings. The molecule has 0 N–H and O–H groups in total. The van der Waals surface area contributed by atoms with Gasteiger partial charge in [0.1, 0.15) is 0 Å². The lowest BCUT2D eigenvalue weighted by atomic mass is 9.52. The average molecular weight is 259 g/mol. The van der Waals surface area contributed by atoms with Gasteiger partial charge in [0, 0.05) is 26.3 Å². The van der Waals surface area contributed by atoms with Crippen molar-refractivity contribution in [1.82, 2.24) is 4.90 Å². The highest BCUT2D eigenvalue weighted by atomic mass is 16.5. The summed E-state index contributed by atoms with van der Waals surface area (Å²) in [6.45, 7) is 6.23. The average Bonchev–Trinajstić information content (AvgIpc) is 2.85. The molecule has 0 aromatic carbocycles. The molecule has 3 rings (SSSR count). The fourth-order valence-electron chi connectivity index (χ4n) is 4.30. The van der Waals surface area contributed by atoms with Crippen LogP contribution in [0.4, 0.5) is 0 Å². The number of likely N-dealkylation sites (tertiary alicyclic amines) is 1. The summed E-state index contributed by atoms with van der Waals surface area (Å²) in [5, 5.41) is -0.628. The van der Waals surface area contributed by atoms with Gasteiger partial charge in [-0.2, -0.15) is 0 Å². The van der Waals surface area contributed by atoms with Gasteiger partial charge < -0.3 is 9.64 Å². The van der Waals surface area contributed by atoms with Gasteiger partial charge >= 0.3 is 0 Å². The van der Waals surface area contributed by atoms with Crippen LogP contribution < -0.4 is 0 Å². The minimum Gasteiger partial charge on any atom is -0.381 e. The molecule has 2 heterocycles. The molecule has 19 heavy (non-hydrogen) atoms. The standard InChI is InChI=1S/C14H23B2NO.CH4/c1-13-6-2-3-12(13)9-17(10-13)14(15,16)11-4-7-18-8-5-11;/h11-12H,2-10H2,1H3;1H4/t12?,13-;/m1./s1. The summed E-state index contributed by atoms with van der Waals surface area (Å²) in [5.74, 6) is 1.19. The first kappa shape index (κ1) is 15.4. The highest BCUT2D eigenvalue weighted by molar-refractivity contribution is 6.40. The monoisotopic (exact) mass is 259 g/mol. The second-order valence-electron chi connectivity index (χ2n) is 6.90. The van der Waals surface area contributed by atoms with Gasteiger partial charge in [-0.25, -0.2) is 0 Å². The smallest absolute Gasteiger partial charge is 0.0828 e. The third-order valence-corrected chi connectivity index (χ3v) is 5.70. The molecular weight excluding hydrogens is 232 g/mol. The molecule has 2 nitrogen and oxygen atoms in total. The van der Waals surface area contributed by atoms with E-state index < -0.39 is 5.34 Å². The number of nitrogens with zero attached hydrogens (tertiary/aromatic N) is 1. The van der Waals surface area contributed by atoms with Crippen molar-refractivity contribution in [1.29, 1.82) is 0 Å². The third kappa shape index (κ3) is 2.63. The summed E-state index contributed by atoms with van der Waals surface area (Å²) in [5.41, 5.74) is 0.467. The Kier molecular flexibility index (Phi) is 4.42. The second kappa shape index (κ2) is 5.44. The fourth-order valence-corrected chi connectivity index (χ4v) is 4.30. The van der Waals surface area contributed by atoms with Crippen molar-refractivity contribution >= 4 is 15.7 Å². The van der Waals surface area contributed by atoms with E-state index in [1.54, 1.807) is 0 Å². The van der Waals surface area contributed by atoms with Crippen molar-refractivity contribution < 1.29 is 4.74 Å². The normalized spacial score (nSPS) is 37.0. The molecule has 4 heteroatoms. The van der Waals surface area contributed by atoms with E-state index in [1.807, 2.05) is 0 Å². The zero-order valence-electron chi connectivity index (χ0n) is 11.5. The van der Waals surface area contributed by atoms with Gasteiger partial charge in [-0.15, -0.1) is 0 Å². The minimum atomic E-state index is -0.628. The lowest BCUT2D eigenvalue weighted by Crippen LogP contribution is -2.56. The van der Waals surface area contributed by atoms with E-state index in [9.17, 15) is 0 Å². The molecule has 0 bridgehead atoms. The molecule has 1 unspecified atom stereocenters. The molecule has 0 amide bonds. The molecular formula is C15H27B2NO. The molecule has 3 aliphatic rings. The molecule has 0 spiro atoms. The third-order valence-electron chi connectivity index (χ3n) is 5.70. The largest absolute Gasteiger partial charge is 0.381 e. The zero-order chi connectivity index (χ0) is 12.8. The zero-order valence-corrected chi connectivity index (χ0v) is 11.5. The van der Waals surface area contributed by atoms with Gasteiger partial charge in [-0.05, 0) is 42.9 Å². The van der Waals surface area contributed by atoms with Gasteiger partial charge in [-0.1, -0.05) is 26.1 Å². The second-order valence-corrected chi connectivity index (χ2v) is 6.90. The Morgan fingerprint density at radius 2 is 1.89 bits per heavy atom. The first-order chi connectivity index (χ1) is 8.52. The number of hydrogen-bond acceptors (Lipinski definition) is 2. The maximum atomic E-state index is 6.51. The minimum absolute atomic E-state index is 0. The molecule has 0 aromatic heterocycles. The van der Waals surface area contributed by atoms with Crippen molar-refractivity contribution in [3.05, 3.63) is 0 Å². The fraction of sp³-hybridized carbons (Fsp3) is 1.00. The summed E-state index contributed by atoms with van der Waals surface area (Å²) in [6, 6.07) is 0. The Bertz CT molecular complexity index is 317. The Labute approximate surface area is 121 Å². The molecule has 104 valence electrons. The number of fused-ring (bicyclic) bond motifs is 1. The van der Waals surface area contributed by atoms with Crippen LogP contribution in [0, 0.1) is 17.3 Å². The molecule has 2 saturated heterocycles. The van der Waals surface area contributed by atoms with Crippen LogP contribution in [0.15, 0.2) is 0 Å². The molecule has 3 fully saturated rings. The maximum absolute atomic E-state index is 6.51. The van der Waals surface area contributed by atoms with Crippen molar-refractivity contribution in [3.63, 3.8) is 0 Å². The van der Waals surface area contributed by atoms with Crippen molar-refractivity contribution in [2.45, 2.75) is 51.8 Å². The van der Waals surface area contributed by atoms with Crippen molar-refractivity contribution in [2.24, 2.45) is 17.3 Å². The van der Waals surface area contributed by atoms with E-state index in [-0.39, 0.29) is 7.43 Å². The number of hydrogen-bond donors (Lipinski definition) is 0. The van der Waals surface area contributed by atoms with Crippen LogP contribution in [0.5, 0.6) is 0 Å². The maximum Gasteiger partial charge on any atom is 0.0828 e. The molecule has 2 aliphatic heterocycles. The lowest BCUT2D eigenvalue weighted by Gasteiger charge is -2.46. The Morgan fingerprint density at radius 1 is 1.21 bits per heavy atom. The Balaban J connectivity index is 0.00000133. The first-order valence-corrected chi connectivity index (χ1v) is 7.43. The summed E-state index contributed by atoms with van der Waals surface area (Å²) >= 11 is 0. The van der Waals surface area contributed by atoms with Crippen LogP contribution in [0.3, 0.4) is 0 Å². The van der Waals surface area contributed by atoms with Gasteiger partial charge in [-0.3, -0.25) is 0 Å². The lowest BCUT2D eigenvalue weighted by molar-refractivity contribution is 0.0364.